The van der Waals surface area contributed by atoms with E-state index in [1.165, 1.54) is 0 Å². The number of carbonyl (C=O) groups excluding carboxylic acids is 2. The Bertz CT molecular complexity index is 498. The van der Waals surface area contributed by atoms with E-state index in [0.717, 1.165) is 6.42 Å². The molecule has 0 saturated carbocycles. The van der Waals surface area contributed by atoms with Gasteiger partial charge in [0, 0.05) is 18.3 Å². The van der Waals surface area contributed by atoms with Crippen molar-refractivity contribution in [3.63, 3.8) is 0 Å². The summed E-state index contributed by atoms with van der Waals surface area (Å²) in [6.07, 6.45) is -5.02. The smallest absolute Gasteiger partial charge is 0.332 e. The molecule has 0 aromatic carbocycles. The van der Waals surface area contributed by atoms with Crippen molar-refractivity contribution in [3.8, 4) is 0 Å². The van der Waals surface area contributed by atoms with E-state index in [1.54, 1.807) is 20.8 Å². The van der Waals surface area contributed by atoms with Crippen LogP contribution in [0, 0.1) is 11.8 Å². The first kappa shape index (κ1) is 24.9. The van der Waals surface area contributed by atoms with Gasteiger partial charge in [0.15, 0.2) is 0 Å². The van der Waals surface area contributed by atoms with Crippen LogP contribution in [-0.4, -0.2) is 75.8 Å². The highest BCUT2D eigenvalue weighted by molar-refractivity contribution is 5.81. The number of carbonyl (C=O) groups is 2. The van der Waals surface area contributed by atoms with Crippen molar-refractivity contribution in [1.29, 1.82) is 0 Å². The molecular formula is C19H34O9. The summed E-state index contributed by atoms with van der Waals surface area (Å²) in [4.78, 5) is 23.5. The average molecular weight is 406 g/mol. The molecule has 7 atom stereocenters. The van der Waals surface area contributed by atoms with Gasteiger partial charge in [0.05, 0.1) is 31.3 Å². The molecule has 1 aliphatic heterocycles. The summed E-state index contributed by atoms with van der Waals surface area (Å²) in [5, 5.41) is 40.3. The van der Waals surface area contributed by atoms with E-state index in [0.29, 0.717) is 6.42 Å². The maximum atomic E-state index is 12.5. The van der Waals surface area contributed by atoms with Gasteiger partial charge in [-0.05, 0) is 20.3 Å². The fourth-order valence-electron chi connectivity index (χ4n) is 3.51. The van der Waals surface area contributed by atoms with E-state index >= 15 is 0 Å². The topological polar surface area (TPSA) is 143 Å². The summed E-state index contributed by atoms with van der Waals surface area (Å²) in [7, 11) is 0. The van der Waals surface area contributed by atoms with Crippen LogP contribution in [-0.2, 0) is 23.8 Å². The molecule has 0 bridgehead atoms. The summed E-state index contributed by atoms with van der Waals surface area (Å²) in [5.41, 5.74) is 0. The molecule has 28 heavy (non-hydrogen) atoms. The van der Waals surface area contributed by atoms with Crippen LogP contribution in [0.25, 0.3) is 0 Å². The van der Waals surface area contributed by atoms with Crippen LogP contribution in [0.1, 0.15) is 53.4 Å². The van der Waals surface area contributed by atoms with Crippen LogP contribution in [0.5, 0.6) is 0 Å². The van der Waals surface area contributed by atoms with Gasteiger partial charge in [-0.25, -0.2) is 0 Å². The largest absolute Gasteiger partial charge is 0.410 e. The zero-order valence-electron chi connectivity index (χ0n) is 17.0. The Morgan fingerprint density at radius 1 is 1.32 bits per heavy atom. The van der Waals surface area contributed by atoms with Gasteiger partial charge in [0.1, 0.15) is 18.0 Å². The number of aliphatic hydroxyl groups excluding tert-OH is 4. The number of rotatable bonds is 12. The summed E-state index contributed by atoms with van der Waals surface area (Å²) >= 11 is 0. The highest BCUT2D eigenvalue weighted by Gasteiger charge is 2.53. The average Bonchev–Trinajstić information content (AvgIpc) is 2.62. The Morgan fingerprint density at radius 2 is 1.96 bits per heavy atom. The van der Waals surface area contributed by atoms with Gasteiger partial charge in [-0.15, -0.1) is 0 Å². The molecule has 1 aliphatic rings. The molecule has 9 heteroatoms. The first-order valence-electron chi connectivity index (χ1n) is 9.75. The lowest BCUT2D eigenvalue weighted by Crippen LogP contribution is -2.60. The van der Waals surface area contributed by atoms with Gasteiger partial charge in [-0.2, -0.15) is 0 Å². The standard InChI is InChI=1S/C19H34O9/c1-5-6-12(4)14(22)7-13-15(23)8-19(26-10-21,27-11(2)3)28-18(13)17(25)16(24)9-20/h10-13,15-18,20,23-25H,5-9H2,1-4H3. The Hall–Kier alpha value is -1.10. The fraction of sp³-hybridized carbons (Fsp3) is 0.895. The summed E-state index contributed by atoms with van der Waals surface area (Å²) < 4.78 is 16.2. The molecule has 164 valence electrons. The Balaban J connectivity index is 3.16. The highest BCUT2D eigenvalue weighted by atomic mass is 16.9. The van der Waals surface area contributed by atoms with Gasteiger partial charge in [-0.1, -0.05) is 20.3 Å². The minimum Gasteiger partial charge on any atom is -0.410 e. The molecule has 9 nitrogen and oxygen atoms in total. The molecule has 0 spiro atoms. The molecule has 0 amide bonds. The van der Waals surface area contributed by atoms with Crippen molar-refractivity contribution >= 4 is 12.3 Å². The van der Waals surface area contributed by atoms with Crippen molar-refractivity contribution in [3.05, 3.63) is 0 Å². The molecule has 4 N–H and O–H groups in total. The summed E-state index contributed by atoms with van der Waals surface area (Å²) in [5.74, 6) is -3.19. The Labute approximate surface area is 165 Å². The third-order valence-corrected chi connectivity index (χ3v) is 4.96. The van der Waals surface area contributed by atoms with Gasteiger partial charge >= 0.3 is 5.97 Å². The maximum absolute atomic E-state index is 12.5. The quantitative estimate of drug-likeness (QED) is 0.262. The molecule has 0 aromatic rings. The van der Waals surface area contributed by atoms with Crippen LogP contribution in [0.2, 0.25) is 0 Å². The third-order valence-electron chi connectivity index (χ3n) is 4.96. The zero-order chi connectivity index (χ0) is 21.5. The van der Waals surface area contributed by atoms with Crippen molar-refractivity contribution in [2.45, 2.75) is 89.9 Å². The lowest BCUT2D eigenvalue weighted by atomic mass is 9.80. The highest BCUT2D eigenvalue weighted by Crippen LogP contribution is 2.39. The van der Waals surface area contributed by atoms with E-state index in [2.05, 4.69) is 0 Å². The van der Waals surface area contributed by atoms with Gasteiger partial charge in [0.2, 0.25) is 0 Å². The predicted molar refractivity (Wildman–Crippen MR) is 97.9 cm³/mol. The SMILES string of the molecule is CCCC(C)C(=O)CC1C(O)CC(OC=O)(OC(C)C)OC1C(O)C(O)CO. The lowest BCUT2D eigenvalue weighted by Gasteiger charge is -2.47. The van der Waals surface area contributed by atoms with Crippen LogP contribution in [0.3, 0.4) is 0 Å². The third kappa shape index (κ3) is 6.47. The van der Waals surface area contributed by atoms with Crippen molar-refractivity contribution in [2.75, 3.05) is 6.61 Å². The molecule has 1 heterocycles. The zero-order valence-corrected chi connectivity index (χ0v) is 17.0. The summed E-state index contributed by atoms with van der Waals surface area (Å²) in [6, 6.07) is 0. The number of ketones is 1. The number of ether oxygens (including phenoxy) is 3. The first-order chi connectivity index (χ1) is 13.1. The van der Waals surface area contributed by atoms with E-state index in [9.17, 15) is 30.0 Å². The number of Topliss-reactive ketones (excluding diaryl/α,β-unsaturated/α-hetero) is 1. The van der Waals surface area contributed by atoms with Crippen molar-refractivity contribution < 1.29 is 44.2 Å². The number of hydrogen-bond donors (Lipinski definition) is 4. The molecular weight excluding hydrogens is 372 g/mol. The monoisotopic (exact) mass is 406 g/mol. The number of aliphatic hydroxyl groups is 4. The van der Waals surface area contributed by atoms with E-state index in [1.807, 2.05) is 6.92 Å². The molecule has 1 saturated heterocycles. The van der Waals surface area contributed by atoms with Crippen molar-refractivity contribution in [1.82, 2.24) is 0 Å². The normalized spacial score (nSPS) is 31.2. The van der Waals surface area contributed by atoms with Gasteiger partial charge < -0.3 is 34.6 Å². The van der Waals surface area contributed by atoms with Crippen LogP contribution in [0.15, 0.2) is 0 Å². The van der Waals surface area contributed by atoms with Crippen LogP contribution >= 0.6 is 0 Å². The Morgan fingerprint density at radius 3 is 2.46 bits per heavy atom. The van der Waals surface area contributed by atoms with Crippen LogP contribution in [0.4, 0.5) is 0 Å². The van der Waals surface area contributed by atoms with Crippen LogP contribution < -0.4 is 0 Å². The molecule has 1 fully saturated rings. The molecule has 0 aromatic heterocycles. The molecule has 1 rings (SSSR count). The molecule has 7 unspecified atom stereocenters. The lowest BCUT2D eigenvalue weighted by molar-refractivity contribution is -0.422. The second kappa shape index (κ2) is 11.2. The van der Waals surface area contributed by atoms with E-state index in [-0.39, 0.29) is 31.0 Å². The minimum atomic E-state index is -1.97. The predicted octanol–water partition coefficient (Wildman–Crippen LogP) is 0.114. The minimum absolute atomic E-state index is 0.0962. The first-order valence-corrected chi connectivity index (χ1v) is 9.75. The van der Waals surface area contributed by atoms with E-state index < -0.39 is 49.0 Å². The Kier molecular flexibility index (Phi) is 9.96. The van der Waals surface area contributed by atoms with E-state index in [4.69, 9.17) is 14.2 Å². The number of hydrogen-bond acceptors (Lipinski definition) is 9. The second-order valence-electron chi connectivity index (χ2n) is 7.68. The maximum Gasteiger partial charge on any atom is 0.332 e. The molecule has 0 aliphatic carbocycles. The fourth-order valence-corrected chi connectivity index (χ4v) is 3.51. The summed E-state index contributed by atoms with van der Waals surface area (Å²) in [6.45, 7) is 6.44. The second-order valence-corrected chi connectivity index (χ2v) is 7.68. The van der Waals surface area contributed by atoms with Gasteiger partial charge in [0.25, 0.3) is 6.47 Å². The molecule has 0 radical (unpaired) electrons. The van der Waals surface area contributed by atoms with Gasteiger partial charge in [-0.3, -0.25) is 9.59 Å². The van der Waals surface area contributed by atoms with Crippen molar-refractivity contribution in [2.24, 2.45) is 11.8 Å².